The first-order valence-corrected chi connectivity index (χ1v) is 10.0. The molecule has 1 saturated heterocycles. The van der Waals surface area contributed by atoms with Crippen LogP contribution < -0.4 is 10.6 Å². The quantitative estimate of drug-likeness (QED) is 0.829. The number of benzene rings is 2. The Bertz CT molecular complexity index is 782. The van der Waals surface area contributed by atoms with Gasteiger partial charge in [0.2, 0.25) is 5.91 Å². The van der Waals surface area contributed by atoms with Crippen LogP contribution in [-0.2, 0) is 11.2 Å². The van der Waals surface area contributed by atoms with Crippen LogP contribution in [0.2, 0.25) is 0 Å². The molecule has 0 radical (unpaired) electrons. The zero-order chi connectivity index (χ0) is 19.1. The van der Waals surface area contributed by atoms with E-state index in [9.17, 15) is 14.0 Å². The second-order valence-electron chi connectivity index (χ2n) is 6.26. The van der Waals surface area contributed by atoms with Crippen LogP contribution in [0.25, 0.3) is 0 Å². The van der Waals surface area contributed by atoms with Crippen LogP contribution in [0, 0.1) is 5.82 Å². The molecule has 0 saturated carbocycles. The molecular formula is C20H22FN3O2S. The predicted molar refractivity (Wildman–Crippen MR) is 106 cm³/mol. The lowest BCUT2D eigenvalue weighted by Gasteiger charge is -2.29. The minimum absolute atomic E-state index is 0.101. The SMILES string of the molecule is O=C(Nc1ccccc1F)[C@@H](Cc1ccccc1)NC(=O)N1CCSCC1. The standard InChI is InChI=1S/C20H22FN3O2S/c21-16-8-4-5-9-17(16)22-19(25)18(14-15-6-2-1-3-7-15)23-20(26)24-10-12-27-13-11-24/h1-9,18H,10-14H2,(H,22,25)(H,23,26)/t18-/m1/s1. The second kappa shape index (κ2) is 9.41. The molecule has 1 heterocycles. The summed E-state index contributed by atoms with van der Waals surface area (Å²) in [5, 5.41) is 5.41. The number of nitrogens with zero attached hydrogens (tertiary/aromatic N) is 1. The van der Waals surface area contributed by atoms with Crippen LogP contribution in [0.3, 0.4) is 0 Å². The van der Waals surface area contributed by atoms with Crippen molar-refractivity contribution >= 4 is 29.4 Å². The van der Waals surface area contributed by atoms with E-state index in [1.165, 1.54) is 12.1 Å². The number of carbonyl (C=O) groups excluding carboxylic acids is 2. The zero-order valence-corrected chi connectivity index (χ0v) is 15.7. The van der Waals surface area contributed by atoms with Crippen LogP contribution in [0.4, 0.5) is 14.9 Å². The van der Waals surface area contributed by atoms with E-state index in [-0.39, 0.29) is 11.7 Å². The third-order valence-electron chi connectivity index (χ3n) is 4.33. The highest BCUT2D eigenvalue weighted by molar-refractivity contribution is 7.99. The average Bonchev–Trinajstić information content (AvgIpc) is 2.70. The number of para-hydroxylation sites is 1. The molecule has 1 fully saturated rings. The molecule has 1 atom stereocenters. The Kier molecular flexibility index (Phi) is 6.70. The molecule has 2 aromatic rings. The van der Waals surface area contributed by atoms with Gasteiger partial charge in [0.1, 0.15) is 11.9 Å². The lowest BCUT2D eigenvalue weighted by molar-refractivity contribution is -0.118. The molecule has 27 heavy (non-hydrogen) atoms. The second-order valence-corrected chi connectivity index (χ2v) is 7.49. The topological polar surface area (TPSA) is 61.4 Å². The Morgan fingerprint density at radius 3 is 2.41 bits per heavy atom. The average molecular weight is 387 g/mol. The molecule has 2 aromatic carbocycles. The van der Waals surface area contributed by atoms with Gasteiger partial charge in [0.05, 0.1) is 5.69 Å². The summed E-state index contributed by atoms with van der Waals surface area (Å²) in [7, 11) is 0. The Labute approximate surface area is 162 Å². The maximum absolute atomic E-state index is 13.9. The first-order valence-electron chi connectivity index (χ1n) is 8.86. The van der Waals surface area contributed by atoms with Gasteiger partial charge in [-0.2, -0.15) is 11.8 Å². The predicted octanol–water partition coefficient (Wildman–Crippen LogP) is 3.13. The number of amides is 3. The summed E-state index contributed by atoms with van der Waals surface area (Å²) in [6.45, 7) is 1.31. The highest BCUT2D eigenvalue weighted by Crippen LogP contribution is 2.14. The summed E-state index contributed by atoms with van der Waals surface area (Å²) >= 11 is 1.80. The number of thioether (sulfide) groups is 1. The molecular weight excluding hydrogens is 365 g/mol. The summed E-state index contributed by atoms with van der Waals surface area (Å²) in [6, 6.07) is 14.4. The van der Waals surface area contributed by atoms with Gasteiger partial charge in [-0.25, -0.2) is 9.18 Å². The molecule has 0 spiro atoms. The van der Waals surface area contributed by atoms with Crippen LogP contribution in [0.5, 0.6) is 0 Å². The molecule has 0 unspecified atom stereocenters. The number of urea groups is 1. The molecule has 1 aliphatic rings. The lowest BCUT2D eigenvalue weighted by Crippen LogP contribution is -2.52. The van der Waals surface area contributed by atoms with Crippen molar-refractivity contribution in [2.75, 3.05) is 29.9 Å². The maximum atomic E-state index is 13.9. The fraction of sp³-hybridized carbons (Fsp3) is 0.300. The Hall–Kier alpha value is -2.54. The van der Waals surface area contributed by atoms with Crippen molar-refractivity contribution in [3.8, 4) is 0 Å². The third-order valence-corrected chi connectivity index (χ3v) is 5.27. The summed E-state index contributed by atoms with van der Waals surface area (Å²) in [5.41, 5.74) is 1.02. The van der Waals surface area contributed by atoms with Crippen molar-refractivity contribution in [3.05, 3.63) is 66.0 Å². The first kappa shape index (κ1) is 19.2. The van der Waals surface area contributed by atoms with Gasteiger partial charge in [0.15, 0.2) is 0 Å². The highest BCUT2D eigenvalue weighted by Gasteiger charge is 2.25. The van der Waals surface area contributed by atoms with E-state index in [0.29, 0.717) is 19.5 Å². The molecule has 3 amide bonds. The lowest BCUT2D eigenvalue weighted by atomic mass is 10.1. The summed E-state index contributed by atoms with van der Waals surface area (Å²) in [4.78, 5) is 27.1. The van der Waals surface area contributed by atoms with Gasteiger partial charge >= 0.3 is 6.03 Å². The number of nitrogens with one attached hydrogen (secondary N) is 2. The fourth-order valence-corrected chi connectivity index (χ4v) is 3.75. The molecule has 0 aromatic heterocycles. The van der Waals surface area contributed by atoms with E-state index < -0.39 is 17.8 Å². The number of halogens is 1. The van der Waals surface area contributed by atoms with E-state index in [1.807, 2.05) is 30.3 Å². The summed E-state index contributed by atoms with van der Waals surface area (Å²) < 4.78 is 13.9. The van der Waals surface area contributed by atoms with Crippen molar-refractivity contribution in [2.24, 2.45) is 0 Å². The van der Waals surface area contributed by atoms with Crippen molar-refractivity contribution in [3.63, 3.8) is 0 Å². The zero-order valence-electron chi connectivity index (χ0n) is 14.9. The van der Waals surface area contributed by atoms with Crippen molar-refractivity contribution in [1.29, 1.82) is 0 Å². The molecule has 2 N–H and O–H groups in total. The maximum Gasteiger partial charge on any atom is 0.318 e. The minimum Gasteiger partial charge on any atom is -0.326 e. The molecule has 0 bridgehead atoms. The van der Waals surface area contributed by atoms with E-state index in [2.05, 4.69) is 10.6 Å². The Morgan fingerprint density at radius 2 is 1.70 bits per heavy atom. The van der Waals surface area contributed by atoms with E-state index >= 15 is 0 Å². The van der Waals surface area contributed by atoms with Gasteiger partial charge in [0.25, 0.3) is 0 Å². The van der Waals surface area contributed by atoms with Gasteiger partial charge in [0, 0.05) is 31.0 Å². The Morgan fingerprint density at radius 1 is 1.04 bits per heavy atom. The molecule has 7 heteroatoms. The van der Waals surface area contributed by atoms with Crippen LogP contribution in [0.1, 0.15) is 5.56 Å². The highest BCUT2D eigenvalue weighted by atomic mass is 32.2. The number of rotatable bonds is 5. The largest absolute Gasteiger partial charge is 0.326 e. The van der Waals surface area contributed by atoms with Gasteiger partial charge in [-0.15, -0.1) is 0 Å². The summed E-state index contributed by atoms with van der Waals surface area (Å²) in [6.07, 6.45) is 0.329. The Balaban J connectivity index is 1.73. The van der Waals surface area contributed by atoms with Gasteiger partial charge in [-0.3, -0.25) is 4.79 Å². The van der Waals surface area contributed by atoms with E-state index in [4.69, 9.17) is 0 Å². The monoisotopic (exact) mass is 387 g/mol. The molecule has 5 nitrogen and oxygen atoms in total. The van der Waals surface area contributed by atoms with Crippen molar-refractivity contribution < 1.29 is 14.0 Å². The van der Waals surface area contributed by atoms with Gasteiger partial charge in [-0.1, -0.05) is 42.5 Å². The number of hydrogen-bond donors (Lipinski definition) is 2. The van der Waals surface area contributed by atoms with Crippen LogP contribution in [-0.4, -0.2) is 47.5 Å². The van der Waals surface area contributed by atoms with E-state index in [1.54, 1.807) is 28.8 Å². The molecule has 0 aliphatic carbocycles. The third kappa shape index (κ3) is 5.47. The first-order chi connectivity index (χ1) is 13.1. The van der Waals surface area contributed by atoms with E-state index in [0.717, 1.165) is 17.1 Å². The van der Waals surface area contributed by atoms with Crippen molar-refractivity contribution in [1.82, 2.24) is 10.2 Å². The molecule has 3 rings (SSSR count). The molecule has 1 aliphatic heterocycles. The minimum atomic E-state index is -0.797. The molecule has 142 valence electrons. The smallest absolute Gasteiger partial charge is 0.318 e. The van der Waals surface area contributed by atoms with Gasteiger partial charge in [-0.05, 0) is 17.7 Å². The fourth-order valence-electron chi connectivity index (χ4n) is 2.85. The normalized spacial score (nSPS) is 15.1. The van der Waals surface area contributed by atoms with Crippen molar-refractivity contribution in [2.45, 2.75) is 12.5 Å². The van der Waals surface area contributed by atoms with Crippen LogP contribution in [0.15, 0.2) is 54.6 Å². The summed E-state index contributed by atoms with van der Waals surface area (Å²) in [5.74, 6) is 0.823. The number of anilines is 1. The van der Waals surface area contributed by atoms with Gasteiger partial charge < -0.3 is 15.5 Å². The number of hydrogen-bond acceptors (Lipinski definition) is 3. The number of carbonyl (C=O) groups is 2. The van der Waals surface area contributed by atoms with Crippen LogP contribution >= 0.6 is 11.8 Å².